The second-order valence-corrected chi connectivity index (χ2v) is 6.67. The van der Waals surface area contributed by atoms with Crippen LogP contribution in [0.15, 0.2) is 22.8 Å². The van der Waals surface area contributed by atoms with E-state index in [1.54, 1.807) is 17.4 Å². The summed E-state index contributed by atoms with van der Waals surface area (Å²) in [5.41, 5.74) is 0.926. The molecule has 4 nitrogen and oxygen atoms in total. The SMILES string of the molecule is CCCNC(C)c1cnc(-c2cc(Br)c(O)c(OC)c2)s1. The van der Waals surface area contributed by atoms with E-state index < -0.39 is 0 Å². The van der Waals surface area contributed by atoms with E-state index >= 15 is 0 Å². The predicted molar refractivity (Wildman–Crippen MR) is 90.2 cm³/mol. The maximum absolute atomic E-state index is 9.86. The molecule has 1 atom stereocenters. The fraction of sp³-hybridized carbons (Fsp3) is 0.400. The van der Waals surface area contributed by atoms with Crippen molar-refractivity contribution in [3.63, 3.8) is 0 Å². The summed E-state index contributed by atoms with van der Waals surface area (Å²) in [6, 6.07) is 3.94. The van der Waals surface area contributed by atoms with Crippen LogP contribution in [0.25, 0.3) is 10.6 Å². The van der Waals surface area contributed by atoms with Crippen molar-refractivity contribution >= 4 is 27.3 Å². The van der Waals surface area contributed by atoms with Crippen molar-refractivity contribution in [2.75, 3.05) is 13.7 Å². The van der Waals surface area contributed by atoms with E-state index in [0.717, 1.165) is 23.5 Å². The van der Waals surface area contributed by atoms with Crippen molar-refractivity contribution in [2.24, 2.45) is 0 Å². The van der Waals surface area contributed by atoms with E-state index in [1.165, 1.54) is 12.0 Å². The highest BCUT2D eigenvalue weighted by molar-refractivity contribution is 9.10. The Morgan fingerprint density at radius 2 is 2.24 bits per heavy atom. The van der Waals surface area contributed by atoms with Gasteiger partial charge in [0.15, 0.2) is 11.5 Å². The lowest BCUT2D eigenvalue weighted by Crippen LogP contribution is -2.18. The van der Waals surface area contributed by atoms with Gasteiger partial charge in [-0.1, -0.05) is 6.92 Å². The largest absolute Gasteiger partial charge is 0.503 e. The number of aromatic nitrogens is 1. The zero-order valence-electron chi connectivity index (χ0n) is 12.3. The highest BCUT2D eigenvalue weighted by Crippen LogP contribution is 2.39. The van der Waals surface area contributed by atoms with Crippen LogP contribution in [0.3, 0.4) is 0 Å². The first-order valence-electron chi connectivity index (χ1n) is 6.82. The number of rotatable bonds is 6. The number of hydrogen-bond acceptors (Lipinski definition) is 5. The molecule has 0 spiro atoms. The van der Waals surface area contributed by atoms with Gasteiger partial charge in [-0.05, 0) is 48.0 Å². The molecule has 0 saturated carbocycles. The number of halogens is 1. The van der Waals surface area contributed by atoms with Crippen LogP contribution in [-0.4, -0.2) is 23.7 Å². The topological polar surface area (TPSA) is 54.4 Å². The van der Waals surface area contributed by atoms with E-state index in [1.807, 2.05) is 12.3 Å². The molecule has 0 amide bonds. The number of hydrogen-bond donors (Lipinski definition) is 2. The molecule has 0 saturated heterocycles. The second kappa shape index (κ2) is 7.24. The maximum atomic E-state index is 9.86. The van der Waals surface area contributed by atoms with E-state index in [0.29, 0.717) is 16.3 Å². The molecule has 2 rings (SSSR count). The average Bonchev–Trinajstić information content (AvgIpc) is 2.97. The van der Waals surface area contributed by atoms with Crippen LogP contribution in [0.5, 0.6) is 11.5 Å². The molecule has 2 aromatic rings. The van der Waals surface area contributed by atoms with Gasteiger partial charge in [0.1, 0.15) is 5.01 Å². The Bertz CT molecular complexity index is 616. The molecule has 2 N–H and O–H groups in total. The molecule has 0 aliphatic heterocycles. The fourth-order valence-electron chi connectivity index (χ4n) is 1.93. The highest BCUT2D eigenvalue weighted by atomic mass is 79.9. The standard InChI is InChI=1S/C15H19BrN2O2S/c1-4-5-17-9(2)13-8-18-15(21-13)10-6-11(16)14(19)12(7-10)20-3/h6-9,17,19H,4-5H2,1-3H3. The van der Waals surface area contributed by atoms with Crippen LogP contribution in [0.4, 0.5) is 0 Å². The summed E-state index contributed by atoms with van der Waals surface area (Å²) >= 11 is 4.99. The van der Waals surface area contributed by atoms with Gasteiger partial charge in [-0.15, -0.1) is 11.3 Å². The molecule has 0 bridgehead atoms. The molecule has 0 fully saturated rings. The van der Waals surface area contributed by atoms with Crippen molar-refractivity contribution in [2.45, 2.75) is 26.3 Å². The summed E-state index contributed by atoms with van der Waals surface area (Å²) in [6.45, 7) is 5.28. The first-order chi connectivity index (χ1) is 10.1. The number of aromatic hydroxyl groups is 1. The molecule has 6 heteroatoms. The van der Waals surface area contributed by atoms with Crippen molar-refractivity contribution in [1.29, 1.82) is 0 Å². The Labute approximate surface area is 137 Å². The van der Waals surface area contributed by atoms with Crippen LogP contribution in [0, 0.1) is 0 Å². The molecular formula is C15H19BrN2O2S. The number of benzene rings is 1. The highest BCUT2D eigenvalue weighted by Gasteiger charge is 2.14. The number of phenolic OH excluding ortho intramolecular Hbond substituents is 1. The van der Waals surface area contributed by atoms with Crippen molar-refractivity contribution in [3.8, 4) is 22.1 Å². The molecule has 1 aromatic heterocycles. The zero-order chi connectivity index (χ0) is 15.4. The quantitative estimate of drug-likeness (QED) is 0.793. The average molecular weight is 371 g/mol. The van der Waals surface area contributed by atoms with Crippen molar-refractivity contribution in [3.05, 3.63) is 27.7 Å². The Morgan fingerprint density at radius 3 is 2.90 bits per heavy atom. The Kier molecular flexibility index (Phi) is 5.61. The molecule has 0 aliphatic carbocycles. The minimum atomic E-state index is 0.107. The number of thiazole rings is 1. The van der Waals surface area contributed by atoms with Gasteiger partial charge in [-0.25, -0.2) is 4.98 Å². The summed E-state index contributed by atoms with van der Waals surface area (Å²) in [4.78, 5) is 5.68. The molecule has 0 aliphatic rings. The number of nitrogens with one attached hydrogen (secondary N) is 1. The van der Waals surface area contributed by atoms with Crippen LogP contribution >= 0.6 is 27.3 Å². The Balaban J connectivity index is 2.27. The van der Waals surface area contributed by atoms with Crippen LogP contribution in [0.2, 0.25) is 0 Å². The third-order valence-electron chi connectivity index (χ3n) is 3.15. The normalized spacial score (nSPS) is 12.4. The first-order valence-corrected chi connectivity index (χ1v) is 8.43. The Morgan fingerprint density at radius 1 is 1.48 bits per heavy atom. The third kappa shape index (κ3) is 3.75. The van der Waals surface area contributed by atoms with Crippen LogP contribution in [0.1, 0.15) is 31.2 Å². The van der Waals surface area contributed by atoms with E-state index in [4.69, 9.17) is 4.74 Å². The summed E-state index contributed by atoms with van der Waals surface area (Å²) in [5.74, 6) is 0.546. The van der Waals surface area contributed by atoms with Gasteiger partial charge in [0.25, 0.3) is 0 Å². The number of methoxy groups -OCH3 is 1. The molecular weight excluding hydrogens is 352 g/mol. The lowest BCUT2D eigenvalue weighted by Gasteiger charge is -2.10. The third-order valence-corrected chi connectivity index (χ3v) is 4.98. The molecule has 1 aromatic carbocycles. The van der Waals surface area contributed by atoms with E-state index in [-0.39, 0.29) is 5.75 Å². The van der Waals surface area contributed by atoms with Gasteiger partial charge in [-0.2, -0.15) is 0 Å². The van der Waals surface area contributed by atoms with Crippen molar-refractivity contribution < 1.29 is 9.84 Å². The summed E-state index contributed by atoms with van der Waals surface area (Å²) in [6.07, 6.45) is 3.01. The molecule has 114 valence electrons. The Hall–Kier alpha value is -1.11. The maximum Gasteiger partial charge on any atom is 0.172 e. The van der Waals surface area contributed by atoms with Crippen LogP contribution < -0.4 is 10.1 Å². The lowest BCUT2D eigenvalue weighted by molar-refractivity contribution is 0.372. The number of ether oxygens (including phenoxy) is 1. The van der Waals surface area contributed by atoms with Crippen molar-refractivity contribution in [1.82, 2.24) is 10.3 Å². The molecule has 1 heterocycles. The van der Waals surface area contributed by atoms with Gasteiger partial charge < -0.3 is 15.2 Å². The minimum absolute atomic E-state index is 0.107. The summed E-state index contributed by atoms with van der Waals surface area (Å²) in [7, 11) is 1.54. The fourth-order valence-corrected chi connectivity index (χ4v) is 3.31. The molecule has 0 radical (unpaired) electrons. The summed E-state index contributed by atoms with van der Waals surface area (Å²) < 4.78 is 5.78. The molecule has 1 unspecified atom stereocenters. The van der Waals surface area contributed by atoms with Gasteiger partial charge in [0.05, 0.1) is 11.6 Å². The predicted octanol–water partition coefficient (Wildman–Crippen LogP) is 4.35. The summed E-state index contributed by atoms with van der Waals surface area (Å²) in [5, 5.41) is 14.2. The van der Waals surface area contributed by atoms with E-state index in [9.17, 15) is 5.11 Å². The first kappa shape index (κ1) is 16.3. The van der Waals surface area contributed by atoms with Gasteiger partial charge in [0, 0.05) is 22.7 Å². The van der Waals surface area contributed by atoms with E-state index in [2.05, 4.69) is 40.1 Å². The van der Waals surface area contributed by atoms with Gasteiger partial charge in [-0.3, -0.25) is 0 Å². The molecule has 21 heavy (non-hydrogen) atoms. The van der Waals surface area contributed by atoms with Gasteiger partial charge >= 0.3 is 0 Å². The number of phenols is 1. The van der Waals surface area contributed by atoms with Gasteiger partial charge in [0.2, 0.25) is 0 Å². The zero-order valence-corrected chi connectivity index (χ0v) is 14.7. The number of nitrogens with zero attached hydrogens (tertiary/aromatic N) is 1. The van der Waals surface area contributed by atoms with Crippen LogP contribution in [-0.2, 0) is 0 Å². The smallest absolute Gasteiger partial charge is 0.172 e. The monoisotopic (exact) mass is 370 g/mol. The second-order valence-electron chi connectivity index (χ2n) is 4.75. The minimum Gasteiger partial charge on any atom is -0.503 e. The lowest BCUT2D eigenvalue weighted by atomic mass is 10.2.